The van der Waals surface area contributed by atoms with Crippen LogP contribution in [0.25, 0.3) is 0 Å². The topological polar surface area (TPSA) is 72.7 Å². The minimum Gasteiger partial charge on any atom is -0.392 e. The Bertz CT molecular complexity index is 346. The molecule has 0 amide bonds. The molecule has 16 heavy (non-hydrogen) atoms. The monoisotopic (exact) mass is 229 g/mol. The number of hydrogen-bond acceptors (Lipinski definition) is 4. The molecule has 1 aromatic carbocycles. The van der Waals surface area contributed by atoms with Gasteiger partial charge in [0.25, 0.3) is 0 Å². The van der Waals surface area contributed by atoms with E-state index in [1.54, 1.807) is 7.05 Å². The van der Waals surface area contributed by atoms with E-state index in [2.05, 4.69) is 5.32 Å². The Morgan fingerprint density at radius 2 is 2.06 bits per heavy atom. The van der Waals surface area contributed by atoms with E-state index in [4.69, 9.17) is 5.11 Å². The third-order valence-electron chi connectivity index (χ3n) is 2.34. The summed E-state index contributed by atoms with van der Waals surface area (Å²) in [4.78, 5) is 0. The zero-order valence-electron chi connectivity index (χ0n) is 9.02. The predicted molar refractivity (Wildman–Crippen MR) is 57.2 cm³/mol. The Hall–Kier alpha value is -1.01. The summed E-state index contributed by atoms with van der Waals surface area (Å²) in [5, 5.41) is 30.6. The standard InChI is InChI=1S/C11H16FNO3/c1-13-5-10(15)11(16)8-3-2-7(6-14)4-9(8)12/h2-4,10-11,13-16H,5-6H2,1H3. The van der Waals surface area contributed by atoms with Crippen LogP contribution in [-0.2, 0) is 6.61 Å². The van der Waals surface area contributed by atoms with Crippen LogP contribution in [0.2, 0.25) is 0 Å². The molecular formula is C11H16FNO3. The van der Waals surface area contributed by atoms with E-state index >= 15 is 0 Å². The summed E-state index contributed by atoms with van der Waals surface area (Å²) in [6.07, 6.45) is -2.35. The molecule has 0 spiro atoms. The smallest absolute Gasteiger partial charge is 0.129 e. The molecule has 0 aliphatic carbocycles. The lowest BCUT2D eigenvalue weighted by Crippen LogP contribution is -2.30. The maximum atomic E-state index is 13.5. The van der Waals surface area contributed by atoms with Crippen LogP contribution >= 0.6 is 0 Å². The van der Waals surface area contributed by atoms with Crippen molar-refractivity contribution in [1.82, 2.24) is 5.32 Å². The molecular weight excluding hydrogens is 213 g/mol. The molecule has 0 bridgehead atoms. The van der Waals surface area contributed by atoms with Crippen LogP contribution in [0.4, 0.5) is 4.39 Å². The third kappa shape index (κ3) is 2.99. The van der Waals surface area contributed by atoms with Crippen LogP contribution < -0.4 is 5.32 Å². The minimum atomic E-state index is -1.28. The Labute approximate surface area is 93.4 Å². The van der Waals surface area contributed by atoms with Crippen molar-refractivity contribution >= 4 is 0 Å². The first kappa shape index (κ1) is 13.1. The molecule has 0 heterocycles. The van der Waals surface area contributed by atoms with Crippen molar-refractivity contribution in [2.24, 2.45) is 0 Å². The van der Waals surface area contributed by atoms with E-state index in [0.29, 0.717) is 5.56 Å². The number of aliphatic hydroxyl groups is 3. The van der Waals surface area contributed by atoms with Gasteiger partial charge in [-0.25, -0.2) is 4.39 Å². The summed E-state index contributed by atoms with van der Waals surface area (Å²) in [5.41, 5.74) is 0.455. The van der Waals surface area contributed by atoms with E-state index in [0.717, 1.165) is 6.07 Å². The fraction of sp³-hybridized carbons (Fsp3) is 0.455. The van der Waals surface area contributed by atoms with Crippen LogP contribution in [0.1, 0.15) is 17.2 Å². The van der Waals surface area contributed by atoms with E-state index in [-0.39, 0.29) is 18.7 Å². The van der Waals surface area contributed by atoms with Crippen LogP contribution in [0.5, 0.6) is 0 Å². The zero-order chi connectivity index (χ0) is 12.1. The number of nitrogens with one attached hydrogen (secondary N) is 1. The van der Waals surface area contributed by atoms with Crippen molar-refractivity contribution in [3.63, 3.8) is 0 Å². The van der Waals surface area contributed by atoms with Crippen LogP contribution in [0.15, 0.2) is 18.2 Å². The van der Waals surface area contributed by atoms with E-state index < -0.39 is 18.0 Å². The van der Waals surface area contributed by atoms with E-state index in [9.17, 15) is 14.6 Å². The Morgan fingerprint density at radius 3 is 2.56 bits per heavy atom. The fourth-order valence-electron chi connectivity index (χ4n) is 1.44. The van der Waals surface area contributed by atoms with Crippen molar-refractivity contribution < 1.29 is 19.7 Å². The lowest BCUT2D eigenvalue weighted by molar-refractivity contribution is 0.0181. The van der Waals surface area contributed by atoms with Crippen molar-refractivity contribution in [3.05, 3.63) is 35.1 Å². The Kier molecular flexibility index (Phi) is 4.82. The molecule has 4 N–H and O–H groups in total. The lowest BCUT2D eigenvalue weighted by atomic mass is 10.0. The summed E-state index contributed by atoms with van der Waals surface area (Å²) in [6, 6.07) is 4.02. The Balaban J connectivity index is 2.87. The van der Waals surface area contributed by atoms with E-state index in [1.807, 2.05) is 0 Å². The molecule has 2 atom stereocenters. The van der Waals surface area contributed by atoms with Gasteiger partial charge in [0.15, 0.2) is 0 Å². The highest BCUT2D eigenvalue weighted by Crippen LogP contribution is 2.21. The van der Waals surface area contributed by atoms with Crippen LogP contribution in [-0.4, -0.2) is 35.0 Å². The molecule has 5 heteroatoms. The molecule has 0 radical (unpaired) electrons. The van der Waals surface area contributed by atoms with Crippen LogP contribution in [0.3, 0.4) is 0 Å². The molecule has 0 fully saturated rings. The Morgan fingerprint density at radius 1 is 1.38 bits per heavy atom. The second kappa shape index (κ2) is 5.91. The second-order valence-corrected chi connectivity index (χ2v) is 3.58. The first-order valence-corrected chi connectivity index (χ1v) is 5.00. The maximum Gasteiger partial charge on any atom is 0.129 e. The van der Waals surface area contributed by atoms with Crippen molar-refractivity contribution in [2.45, 2.75) is 18.8 Å². The molecule has 1 aromatic rings. The quantitative estimate of drug-likeness (QED) is 0.570. The maximum absolute atomic E-state index is 13.5. The first-order valence-electron chi connectivity index (χ1n) is 5.00. The number of aliphatic hydroxyl groups excluding tert-OH is 3. The number of rotatable bonds is 5. The molecule has 0 saturated carbocycles. The van der Waals surface area contributed by atoms with Gasteiger partial charge < -0.3 is 20.6 Å². The normalized spacial score (nSPS) is 14.8. The molecule has 0 saturated heterocycles. The van der Waals surface area contributed by atoms with Gasteiger partial charge in [-0.15, -0.1) is 0 Å². The van der Waals surface area contributed by atoms with Gasteiger partial charge in [-0.1, -0.05) is 12.1 Å². The lowest BCUT2D eigenvalue weighted by Gasteiger charge is -2.18. The second-order valence-electron chi connectivity index (χ2n) is 3.58. The summed E-state index contributed by atoms with van der Waals surface area (Å²) in [7, 11) is 1.63. The van der Waals surface area contributed by atoms with Gasteiger partial charge in [-0.2, -0.15) is 0 Å². The third-order valence-corrected chi connectivity index (χ3v) is 2.34. The number of likely N-dealkylation sites (N-methyl/N-ethyl adjacent to an activating group) is 1. The van der Waals surface area contributed by atoms with Gasteiger partial charge in [0, 0.05) is 12.1 Å². The summed E-state index contributed by atoms with van der Waals surface area (Å²) >= 11 is 0. The summed E-state index contributed by atoms with van der Waals surface area (Å²) in [6.45, 7) is -0.0886. The number of benzene rings is 1. The average molecular weight is 229 g/mol. The van der Waals surface area contributed by atoms with Crippen molar-refractivity contribution in [3.8, 4) is 0 Å². The molecule has 1 rings (SSSR count). The SMILES string of the molecule is CNCC(O)C(O)c1ccc(CO)cc1F. The first-order chi connectivity index (χ1) is 7.60. The molecule has 0 aliphatic heterocycles. The van der Waals surface area contributed by atoms with Gasteiger partial charge in [-0.3, -0.25) is 0 Å². The highest BCUT2D eigenvalue weighted by Gasteiger charge is 2.20. The predicted octanol–water partition coefficient (Wildman–Crippen LogP) is -0.0683. The number of halogens is 1. The highest BCUT2D eigenvalue weighted by atomic mass is 19.1. The van der Waals surface area contributed by atoms with Gasteiger partial charge in [0.05, 0.1) is 12.7 Å². The minimum absolute atomic E-state index is 0.0277. The van der Waals surface area contributed by atoms with Gasteiger partial charge in [0.2, 0.25) is 0 Å². The molecule has 90 valence electrons. The number of hydrogen-bond donors (Lipinski definition) is 4. The summed E-state index contributed by atoms with van der Waals surface area (Å²) in [5.74, 6) is -0.630. The fourth-order valence-corrected chi connectivity index (χ4v) is 1.44. The average Bonchev–Trinajstić information content (AvgIpc) is 2.28. The zero-order valence-corrected chi connectivity index (χ0v) is 9.02. The molecule has 0 aliphatic rings. The van der Waals surface area contributed by atoms with Crippen LogP contribution in [0, 0.1) is 5.82 Å². The van der Waals surface area contributed by atoms with Gasteiger partial charge in [0.1, 0.15) is 11.9 Å². The molecule has 2 unspecified atom stereocenters. The highest BCUT2D eigenvalue weighted by molar-refractivity contribution is 5.26. The van der Waals surface area contributed by atoms with Gasteiger partial charge in [-0.05, 0) is 18.7 Å². The summed E-state index contributed by atoms with van der Waals surface area (Å²) < 4.78 is 13.5. The largest absolute Gasteiger partial charge is 0.392 e. The molecule has 0 aromatic heterocycles. The van der Waals surface area contributed by atoms with E-state index in [1.165, 1.54) is 12.1 Å². The molecule has 4 nitrogen and oxygen atoms in total. The van der Waals surface area contributed by atoms with Crippen molar-refractivity contribution in [2.75, 3.05) is 13.6 Å². The van der Waals surface area contributed by atoms with Crippen molar-refractivity contribution in [1.29, 1.82) is 0 Å². The van der Waals surface area contributed by atoms with Gasteiger partial charge >= 0.3 is 0 Å².